The Balaban J connectivity index is 2.16. The minimum absolute atomic E-state index is 0.0670. The van der Waals surface area contributed by atoms with Crippen LogP contribution >= 0.6 is 11.6 Å². The van der Waals surface area contributed by atoms with Gasteiger partial charge in [-0.1, -0.05) is 11.6 Å². The van der Waals surface area contributed by atoms with Gasteiger partial charge in [-0.05, 0) is 52.8 Å². The molecule has 0 spiro atoms. The molecular formula is C18H23ClFN3O2. The molecule has 0 fully saturated rings. The fourth-order valence-corrected chi connectivity index (χ4v) is 2.52. The number of benzene rings is 1. The number of ether oxygens (including phenoxy) is 1. The number of carbonyl (C=O) groups excluding carboxylic acids is 1. The molecule has 0 aliphatic rings. The Bertz CT molecular complexity index is 766. The molecule has 1 amide bonds. The first-order chi connectivity index (χ1) is 11.5. The van der Waals surface area contributed by atoms with E-state index in [1.165, 1.54) is 12.1 Å². The summed E-state index contributed by atoms with van der Waals surface area (Å²) in [4.78, 5) is 16.2. The van der Waals surface area contributed by atoms with Gasteiger partial charge in [0.2, 0.25) is 0 Å². The van der Waals surface area contributed by atoms with Crippen LogP contribution in [0.15, 0.2) is 30.7 Å². The zero-order valence-corrected chi connectivity index (χ0v) is 15.8. The van der Waals surface area contributed by atoms with Crippen molar-refractivity contribution in [2.24, 2.45) is 0 Å². The highest BCUT2D eigenvalue weighted by molar-refractivity contribution is 6.30. The van der Waals surface area contributed by atoms with Gasteiger partial charge < -0.3 is 14.6 Å². The summed E-state index contributed by atoms with van der Waals surface area (Å²) in [6.07, 6.45) is 3.28. The van der Waals surface area contributed by atoms with Crippen LogP contribution in [-0.2, 0) is 11.2 Å². The number of halogens is 2. The maximum atomic E-state index is 13.7. The number of hydrogen-bond donors (Lipinski definition) is 1. The van der Waals surface area contributed by atoms with Crippen LogP contribution in [-0.4, -0.2) is 26.8 Å². The van der Waals surface area contributed by atoms with Gasteiger partial charge in [-0.25, -0.2) is 14.2 Å². The molecule has 0 saturated heterocycles. The highest BCUT2D eigenvalue weighted by atomic mass is 35.5. The lowest BCUT2D eigenvalue weighted by Gasteiger charge is -2.29. The molecule has 1 aromatic heterocycles. The molecule has 7 heteroatoms. The summed E-state index contributed by atoms with van der Waals surface area (Å²) < 4.78 is 20.8. The van der Waals surface area contributed by atoms with Gasteiger partial charge in [0.05, 0.1) is 11.3 Å². The van der Waals surface area contributed by atoms with E-state index < -0.39 is 23.1 Å². The number of alkyl carbamates (subject to hydrolysis) is 1. The summed E-state index contributed by atoms with van der Waals surface area (Å²) in [5.41, 5.74) is 0.290. The van der Waals surface area contributed by atoms with Crippen LogP contribution in [0.5, 0.6) is 0 Å². The van der Waals surface area contributed by atoms with Gasteiger partial charge in [-0.3, -0.25) is 0 Å². The number of aromatic nitrogens is 2. The predicted octanol–water partition coefficient (Wildman–Crippen LogP) is 4.51. The average Bonchev–Trinajstić information content (AvgIpc) is 2.86. The van der Waals surface area contributed by atoms with Gasteiger partial charge in [0.15, 0.2) is 0 Å². The summed E-state index contributed by atoms with van der Waals surface area (Å²) in [5.74, 6) is -0.495. The van der Waals surface area contributed by atoms with Crippen LogP contribution in [0.2, 0.25) is 5.02 Å². The molecule has 0 radical (unpaired) electrons. The van der Waals surface area contributed by atoms with Crippen LogP contribution in [0.3, 0.4) is 0 Å². The first-order valence-corrected chi connectivity index (χ1v) is 8.32. The zero-order valence-electron chi connectivity index (χ0n) is 15.1. The average molecular weight is 368 g/mol. The van der Waals surface area contributed by atoms with E-state index in [9.17, 15) is 9.18 Å². The maximum Gasteiger partial charge on any atom is 0.408 e. The molecule has 0 aliphatic carbocycles. The lowest BCUT2D eigenvalue weighted by molar-refractivity contribution is 0.0472. The van der Waals surface area contributed by atoms with Crippen molar-refractivity contribution in [2.75, 3.05) is 0 Å². The predicted molar refractivity (Wildman–Crippen MR) is 95.7 cm³/mol. The lowest BCUT2D eigenvalue weighted by Crippen LogP contribution is -2.47. The lowest BCUT2D eigenvalue weighted by atomic mass is 9.99. The molecule has 1 aromatic carbocycles. The van der Waals surface area contributed by atoms with Crippen molar-refractivity contribution < 1.29 is 13.9 Å². The number of carbonyl (C=O) groups is 1. The van der Waals surface area contributed by atoms with Crippen LogP contribution in [0, 0.1) is 5.82 Å². The summed E-state index contributed by atoms with van der Waals surface area (Å²) in [6.45, 7) is 9.20. The number of hydrogen-bond acceptors (Lipinski definition) is 3. The first kappa shape index (κ1) is 19.2. The zero-order chi connectivity index (χ0) is 18.8. The van der Waals surface area contributed by atoms with Gasteiger partial charge in [0.1, 0.15) is 11.4 Å². The fraction of sp³-hybridized carbons (Fsp3) is 0.444. The van der Waals surface area contributed by atoms with Crippen molar-refractivity contribution in [1.29, 1.82) is 0 Å². The maximum absolute atomic E-state index is 13.7. The second-order valence-corrected chi connectivity index (χ2v) is 7.95. The Labute approximate surface area is 152 Å². The molecule has 0 bridgehead atoms. The molecule has 2 rings (SSSR count). The van der Waals surface area contributed by atoms with Gasteiger partial charge >= 0.3 is 6.09 Å². The Morgan fingerprint density at radius 2 is 2.00 bits per heavy atom. The smallest absolute Gasteiger partial charge is 0.408 e. The SMILES string of the molecule is CC(C)(Cc1cncn1-c1ccc(Cl)c(F)c1)NC(=O)OC(C)(C)C. The number of amides is 1. The van der Waals surface area contributed by atoms with Crippen LogP contribution in [0.4, 0.5) is 9.18 Å². The van der Waals surface area contributed by atoms with E-state index in [-0.39, 0.29) is 5.02 Å². The third-order valence-corrected chi connectivity index (χ3v) is 3.67. The van der Waals surface area contributed by atoms with Crippen LogP contribution in [0.1, 0.15) is 40.3 Å². The van der Waals surface area contributed by atoms with E-state index in [0.29, 0.717) is 12.1 Å². The second kappa shape index (κ2) is 7.04. The third kappa shape index (κ3) is 5.46. The van der Waals surface area contributed by atoms with Gasteiger partial charge in [-0.2, -0.15) is 0 Å². The normalized spacial score (nSPS) is 12.1. The van der Waals surface area contributed by atoms with E-state index in [2.05, 4.69) is 10.3 Å². The molecule has 0 aliphatic heterocycles. The number of nitrogens with zero attached hydrogens (tertiary/aromatic N) is 2. The third-order valence-electron chi connectivity index (χ3n) is 3.36. The van der Waals surface area contributed by atoms with Gasteiger partial charge in [0.25, 0.3) is 0 Å². The minimum Gasteiger partial charge on any atom is -0.444 e. The van der Waals surface area contributed by atoms with Crippen molar-refractivity contribution >= 4 is 17.7 Å². The summed E-state index contributed by atoms with van der Waals surface area (Å²) in [7, 11) is 0. The quantitative estimate of drug-likeness (QED) is 0.864. The van der Waals surface area contributed by atoms with Crippen molar-refractivity contribution in [3.8, 4) is 5.69 Å². The van der Waals surface area contributed by atoms with Crippen molar-refractivity contribution in [3.63, 3.8) is 0 Å². The fourth-order valence-electron chi connectivity index (χ4n) is 2.40. The molecule has 1 heterocycles. The standard InChI is InChI=1S/C18H23ClFN3O2/c1-17(2,3)25-16(24)22-18(4,5)9-13-10-21-11-23(13)12-6-7-14(19)15(20)8-12/h6-8,10-11H,9H2,1-5H3,(H,22,24). The molecular weight excluding hydrogens is 345 g/mol. The summed E-state index contributed by atoms with van der Waals surface area (Å²) in [6, 6.07) is 4.56. The van der Waals surface area contributed by atoms with E-state index in [1.807, 2.05) is 34.6 Å². The van der Waals surface area contributed by atoms with Crippen LogP contribution in [0.25, 0.3) is 5.69 Å². The van der Waals surface area contributed by atoms with Crippen molar-refractivity contribution in [3.05, 3.63) is 47.3 Å². The van der Waals surface area contributed by atoms with Crippen molar-refractivity contribution in [1.82, 2.24) is 14.9 Å². The van der Waals surface area contributed by atoms with Gasteiger partial charge in [-0.15, -0.1) is 0 Å². The monoisotopic (exact) mass is 367 g/mol. The summed E-state index contributed by atoms with van der Waals surface area (Å²) in [5, 5.41) is 2.92. The molecule has 1 N–H and O–H groups in total. The Morgan fingerprint density at radius 1 is 1.32 bits per heavy atom. The molecule has 136 valence electrons. The summed E-state index contributed by atoms with van der Waals surface area (Å²) >= 11 is 5.74. The second-order valence-electron chi connectivity index (χ2n) is 7.54. The molecule has 0 atom stereocenters. The van der Waals surface area contributed by atoms with E-state index in [1.54, 1.807) is 23.2 Å². The Hall–Kier alpha value is -2.08. The minimum atomic E-state index is -0.578. The molecule has 0 unspecified atom stereocenters. The number of nitrogens with one attached hydrogen (secondary N) is 1. The van der Waals surface area contributed by atoms with E-state index >= 15 is 0 Å². The number of imidazole rings is 1. The highest BCUT2D eigenvalue weighted by Gasteiger charge is 2.26. The topological polar surface area (TPSA) is 56.2 Å². The molecule has 2 aromatic rings. The number of rotatable bonds is 4. The Kier molecular flexibility index (Phi) is 5.42. The highest BCUT2D eigenvalue weighted by Crippen LogP contribution is 2.21. The molecule has 25 heavy (non-hydrogen) atoms. The van der Waals surface area contributed by atoms with Crippen molar-refractivity contribution in [2.45, 2.75) is 52.2 Å². The van der Waals surface area contributed by atoms with Gasteiger partial charge in [0, 0.05) is 29.5 Å². The van der Waals surface area contributed by atoms with E-state index in [4.69, 9.17) is 16.3 Å². The largest absolute Gasteiger partial charge is 0.444 e. The Morgan fingerprint density at radius 3 is 2.60 bits per heavy atom. The van der Waals surface area contributed by atoms with E-state index in [0.717, 1.165) is 5.69 Å². The molecule has 5 nitrogen and oxygen atoms in total. The van der Waals surface area contributed by atoms with Crippen LogP contribution < -0.4 is 5.32 Å². The first-order valence-electron chi connectivity index (χ1n) is 7.95. The molecule has 0 saturated carbocycles.